The number of halogens is 2. The molecule has 3 N–H and O–H groups in total. The van der Waals surface area contributed by atoms with Crippen LogP contribution in [-0.2, 0) is 6.42 Å². The van der Waals surface area contributed by atoms with Gasteiger partial charge in [-0.25, -0.2) is 8.78 Å². The fraction of sp³-hybridized carbons (Fsp3) is 0.154. The van der Waals surface area contributed by atoms with Crippen molar-refractivity contribution in [1.29, 1.82) is 0 Å². The van der Waals surface area contributed by atoms with Crippen LogP contribution in [0.3, 0.4) is 0 Å². The first kappa shape index (κ1) is 12.3. The molecule has 0 radical (unpaired) electrons. The summed E-state index contributed by atoms with van der Waals surface area (Å²) in [5.74, 6) is -1.41. The first-order valence-corrected chi connectivity index (χ1v) is 5.55. The standard InChI is InChI=1S/C13H13F2N3/c14-9-7-11(15)13(16)12(8-9)18-6-4-10-3-1-2-5-17-10/h1-3,5,7-8,18H,4,6,16H2. The van der Waals surface area contributed by atoms with Gasteiger partial charge in [0.25, 0.3) is 0 Å². The molecule has 18 heavy (non-hydrogen) atoms. The molecule has 0 aliphatic carbocycles. The smallest absolute Gasteiger partial charge is 0.151 e. The number of nitrogen functional groups attached to an aromatic ring is 1. The number of hydrogen-bond acceptors (Lipinski definition) is 3. The zero-order valence-corrected chi connectivity index (χ0v) is 9.66. The molecule has 2 aromatic rings. The maximum absolute atomic E-state index is 13.2. The summed E-state index contributed by atoms with van der Waals surface area (Å²) in [7, 11) is 0. The molecule has 0 aliphatic rings. The van der Waals surface area contributed by atoms with Gasteiger partial charge in [0, 0.05) is 30.9 Å². The molecule has 5 heteroatoms. The monoisotopic (exact) mass is 249 g/mol. The molecule has 1 aromatic heterocycles. The third-order valence-electron chi connectivity index (χ3n) is 2.52. The van der Waals surface area contributed by atoms with Gasteiger partial charge in [-0.2, -0.15) is 0 Å². The Kier molecular flexibility index (Phi) is 3.72. The van der Waals surface area contributed by atoms with Gasteiger partial charge in [0.05, 0.1) is 11.4 Å². The van der Waals surface area contributed by atoms with Gasteiger partial charge >= 0.3 is 0 Å². The number of aromatic nitrogens is 1. The lowest BCUT2D eigenvalue weighted by molar-refractivity contribution is 0.587. The Morgan fingerprint density at radius 1 is 1.22 bits per heavy atom. The molecule has 0 saturated carbocycles. The highest BCUT2D eigenvalue weighted by atomic mass is 19.1. The molecule has 0 unspecified atom stereocenters. The summed E-state index contributed by atoms with van der Waals surface area (Å²) in [4.78, 5) is 4.15. The average Bonchev–Trinajstić information content (AvgIpc) is 2.36. The quantitative estimate of drug-likeness (QED) is 0.819. The van der Waals surface area contributed by atoms with E-state index in [1.165, 1.54) is 6.07 Å². The van der Waals surface area contributed by atoms with Crippen molar-refractivity contribution in [2.45, 2.75) is 6.42 Å². The van der Waals surface area contributed by atoms with E-state index in [0.717, 1.165) is 11.8 Å². The molecule has 94 valence electrons. The summed E-state index contributed by atoms with van der Waals surface area (Å²) in [6.45, 7) is 0.504. The zero-order chi connectivity index (χ0) is 13.0. The second kappa shape index (κ2) is 5.44. The van der Waals surface area contributed by atoms with Crippen molar-refractivity contribution in [1.82, 2.24) is 4.98 Å². The second-order valence-corrected chi connectivity index (χ2v) is 3.85. The molecule has 1 aromatic carbocycles. The van der Waals surface area contributed by atoms with Crippen molar-refractivity contribution in [3.05, 3.63) is 53.9 Å². The van der Waals surface area contributed by atoms with Crippen molar-refractivity contribution in [2.24, 2.45) is 0 Å². The number of hydrogen-bond donors (Lipinski definition) is 2. The van der Waals surface area contributed by atoms with E-state index in [1.54, 1.807) is 6.20 Å². The third-order valence-corrected chi connectivity index (χ3v) is 2.52. The molecule has 2 rings (SSSR count). The average molecular weight is 249 g/mol. The summed E-state index contributed by atoms with van der Waals surface area (Å²) >= 11 is 0. The number of anilines is 2. The maximum Gasteiger partial charge on any atom is 0.151 e. The summed E-state index contributed by atoms with van der Waals surface area (Å²) in [5, 5.41) is 2.90. The first-order valence-electron chi connectivity index (χ1n) is 5.55. The van der Waals surface area contributed by atoms with Crippen LogP contribution in [0.15, 0.2) is 36.5 Å². The van der Waals surface area contributed by atoms with E-state index < -0.39 is 11.6 Å². The number of nitrogens with one attached hydrogen (secondary N) is 1. The van der Waals surface area contributed by atoms with Crippen molar-refractivity contribution in [3.8, 4) is 0 Å². The van der Waals surface area contributed by atoms with Crippen LogP contribution in [0, 0.1) is 11.6 Å². The topological polar surface area (TPSA) is 50.9 Å². The number of benzene rings is 1. The highest BCUT2D eigenvalue weighted by Crippen LogP contribution is 2.23. The van der Waals surface area contributed by atoms with E-state index in [2.05, 4.69) is 10.3 Å². The summed E-state index contributed by atoms with van der Waals surface area (Å²) < 4.78 is 26.2. The maximum atomic E-state index is 13.2. The zero-order valence-electron chi connectivity index (χ0n) is 9.66. The van der Waals surface area contributed by atoms with E-state index in [9.17, 15) is 8.78 Å². The lowest BCUT2D eigenvalue weighted by Crippen LogP contribution is -2.09. The van der Waals surface area contributed by atoms with Crippen LogP contribution in [0.4, 0.5) is 20.2 Å². The van der Waals surface area contributed by atoms with Gasteiger partial charge in [-0.15, -0.1) is 0 Å². The van der Waals surface area contributed by atoms with Crippen LogP contribution in [0.25, 0.3) is 0 Å². The first-order chi connectivity index (χ1) is 8.66. The molecule has 0 atom stereocenters. The minimum absolute atomic E-state index is 0.0718. The highest BCUT2D eigenvalue weighted by Gasteiger charge is 2.07. The highest BCUT2D eigenvalue weighted by molar-refractivity contribution is 5.66. The molecule has 0 bridgehead atoms. The Morgan fingerprint density at radius 2 is 2.06 bits per heavy atom. The van der Waals surface area contributed by atoms with E-state index in [-0.39, 0.29) is 11.4 Å². The van der Waals surface area contributed by atoms with Crippen LogP contribution in [0.1, 0.15) is 5.69 Å². The lowest BCUT2D eigenvalue weighted by Gasteiger charge is -2.09. The van der Waals surface area contributed by atoms with Crippen molar-refractivity contribution in [2.75, 3.05) is 17.6 Å². The third kappa shape index (κ3) is 2.94. The van der Waals surface area contributed by atoms with Crippen LogP contribution in [0.5, 0.6) is 0 Å². The van der Waals surface area contributed by atoms with Gasteiger partial charge in [0.1, 0.15) is 5.82 Å². The van der Waals surface area contributed by atoms with Crippen LogP contribution >= 0.6 is 0 Å². The van der Waals surface area contributed by atoms with Gasteiger partial charge in [0.2, 0.25) is 0 Å². The molecular weight excluding hydrogens is 236 g/mol. The summed E-state index contributed by atoms with van der Waals surface area (Å²) in [6, 6.07) is 7.54. The predicted molar refractivity (Wildman–Crippen MR) is 67.2 cm³/mol. The molecule has 0 fully saturated rings. The van der Waals surface area contributed by atoms with Gasteiger partial charge in [-0.05, 0) is 18.2 Å². The molecular formula is C13H13F2N3. The minimum Gasteiger partial charge on any atom is -0.395 e. The number of pyridine rings is 1. The van der Waals surface area contributed by atoms with Crippen molar-refractivity contribution < 1.29 is 8.78 Å². The fourth-order valence-corrected chi connectivity index (χ4v) is 1.60. The van der Waals surface area contributed by atoms with Gasteiger partial charge in [-0.1, -0.05) is 6.07 Å². The Labute approximate surface area is 104 Å². The van der Waals surface area contributed by atoms with Crippen LogP contribution in [0.2, 0.25) is 0 Å². The second-order valence-electron chi connectivity index (χ2n) is 3.85. The Balaban J connectivity index is 1.99. The molecule has 0 spiro atoms. The van der Waals surface area contributed by atoms with Crippen LogP contribution in [-0.4, -0.2) is 11.5 Å². The minimum atomic E-state index is -0.754. The van der Waals surface area contributed by atoms with E-state index in [0.29, 0.717) is 13.0 Å². The van der Waals surface area contributed by atoms with Gasteiger partial charge in [0.15, 0.2) is 5.82 Å². The number of rotatable bonds is 4. The lowest BCUT2D eigenvalue weighted by atomic mass is 10.2. The Bertz CT molecular complexity index is 529. The van der Waals surface area contributed by atoms with Gasteiger partial charge in [-0.3, -0.25) is 4.98 Å². The van der Waals surface area contributed by atoms with Crippen molar-refractivity contribution in [3.63, 3.8) is 0 Å². The number of nitrogens with zero attached hydrogens (tertiary/aromatic N) is 1. The Hall–Kier alpha value is -2.17. The predicted octanol–water partition coefficient (Wildman–Crippen LogP) is 2.60. The molecule has 1 heterocycles. The largest absolute Gasteiger partial charge is 0.395 e. The molecule has 0 aliphatic heterocycles. The van der Waals surface area contributed by atoms with Crippen LogP contribution < -0.4 is 11.1 Å². The number of nitrogens with two attached hydrogens (primary N) is 1. The van der Waals surface area contributed by atoms with Crippen molar-refractivity contribution >= 4 is 11.4 Å². The van der Waals surface area contributed by atoms with Gasteiger partial charge < -0.3 is 11.1 Å². The Morgan fingerprint density at radius 3 is 2.78 bits per heavy atom. The normalized spacial score (nSPS) is 10.3. The molecule has 0 amide bonds. The van der Waals surface area contributed by atoms with E-state index in [1.807, 2.05) is 18.2 Å². The van der Waals surface area contributed by atoms with E-state index in [4.69, 9.17) is 5.73 Å². The van der Waals surface area contributed by atoms with E-state index >= 15 is 0 Å². The summed E-state index contributed by atoms with van der Waals surface area (Å²) in [5.41, 5.74) is 6.61. The summed E-state index contributed by atoms with van der Waals surface area (Å²) in [6.07, 6.45) is 2.35. The fourth-order valence-electron chi connectivity index (χ4n) is 1.60. The molecule has 0 saturated heterocycles. The molecule has 3 nitrogen and oxygen atoms in total. The SMILES string of the molecule is Nc1c(F)cc(F)cc1NCCc1ccccn1.